The summed E-state index contributed by atoms with van der Waals surface area (Å²) >= 11 is 0. The molecule has 1 N–H and O–H groups in total. The van der Waals surface area contributed by atoms with Gasteiger partial charge in [0.15, 0.2) is 0 Å². The Labute approximate surface area is 156 Å². The smallest absolute Gasteiger partial charge is 0.220 e. The molecular weight excluding hydrogens is 329 g/mol. The highest BCUT2D eigenvalue weighted by atomic mass is 19.1. The Kier molecular flexibility index (Phi) is 6.52. The molecule has 1 amide bonds. The minimum atomic E-state index is -0.162. The summed E-state index contributed by atoms with van der Waals surface area (Å²) in [7, 11) is 0. The van der Waals surface area contributed by atoms with Gasteiger partial charge in [-0.1, -0.05) is 12.1 Å². The molecule has 0 aromatic heterocycles. The number of carbonyl (C=O) groups excluding carboxylic acids is 1. The van der Waals surface area contributed by atoms with Crippen LogP contribution in [0.5, 0.6) is 0 Å². The van der Waals surface area contributed by atoms with Crippen molar-refractivity contribution >= 4 is 11.6 Å². The van der Waals surface area contributed by atoms with E-state index in [1.165, 1.54) is 6.07 Å². The van der Waals surface area contributed by atoms with Crippen LogP contribution in [0, 0.1) is 17.7 Å². The number of piperidine rings is 1. The van der Waals surface area contributed by atoms with Crippen LogP contribution in [0.1, 0.15) is 39.5 Å². The van der Waals surface area contributed by atoms with Gasteiger partial charge in [-0.25, -0.2) is 4.39 Å². The van der Waals surface area contributed by atoms with E-state index < -0.39 is 0 Å². The van der Waals surface area contributed by atoms with Crippen LogP contribution in [0.2, 0.25) is 0 Å². The number of rotatable bonds is 6. The molecule has 0 bridgehead atoms. The average molecular weight is 362 g/mol. The summed E-state index contributed by atoms with van der Waals surface area (Å²) in [5, 5.41) is 3.12. The fourth-order valence-electron chi connectivity index (χ4n) is 4.19. The number of carbonyl (C=O) groups is 1. The van der Waals surface area contributed by atoms with Crippen LogP contribution in [-0.2, 0) is 4.79 Å². The monoisotopic (exact) mass is 361 g/mol. The molecular formula is C21H32FN3O. The minimum absolute atomic E-state index is 0.162. The van der Waals surface area contributed by atoms with E-state index in [9.17, 15) is 9.18 Å². The molecule has 4 nitrogen and oxygen atoms in total. The highest BCUT2D eigenvalue weighted by molar-refractivity contribution is 5.76. The molecule has 0 aliphatic carbocycles. The second kappa shape index (κ2) is 8.85. The normalized spacial score (nSPS) is 22.2. The predicted molar refractivity (Wildman–Crippen MR) is 104 cm³/mol. The molecule has 2 fully saturated rings. The van der Waals surface area contributed by atoms with E-state index in [2.05, 4.69) is 29.0 Å². The molecule has 2 aliphatic rings. The standard InChI is InChI=1S/C21H32FN3O/c1-16(2)24-10-7-17(8-11-24)13-21(26)23-14-18-9-12-25(15-18)20-6-4-3-5-19(20)22/h3-6,16-18H,7-15H2,1-2H3,(H,23,26). The van der Waals surface area contributed by atoms with Crippen LogP contribution in [0.3, 0.4) is 0 Å². The van der Waals surface area contributed by atoms with Crippen molar-refractivity contribution in [3.05, 3.63) is 30.1 Å². The maximum atomic E-state index is 13.9. The Morgan fingerprint density at radius 3 is 2.54 bits per heavy atom. The number of halogens is 1. The van der Waals surface area contributed by atoms with E-state index in [4.69, 9.17) is 0 Å². The maximum absolute atomic E-state index is 13.9. The molecule has 5 heteroatoms. The Morgan fingerprint density at radius 1 is 1.15 bits per heavy atom. The van der Waals surface area contributed by atoms with Crippen molar-refractivity contribution in [2.45, 2.75) is 45.6 Å². The van der Waals surface area contributed by atoms with Gasteiger partial charge in [0.2, 0.25) is 5.91 Å². The number of benzene rings is 1. The van der Waals surface area contributed by atoms with Crippen LogP contribution >= 0.6 is 0 Å². The Hall–Kier alpha value is -1.62. The molecule has 2 aliphatic heterocycles. The largest absolute Gasteiger partial charge is 0.369 e. The average Bonchev–Trinajstić information content (AvgIpc) is 3.09. The third-order valence-electron chi connectivity index (χ3n) is 5.92. The molecule has 0 radical (unpaired) electrons. The van der Waals surface area contributed by atoms with E-state index >= 15 is 0 Å². The predicted octanol–water partition coefficient (Wildman–Crippen LogP) is 3.28. The Bertz CT molecular complexity index is 599. The van der Waals surface area contributed by atoms with Gasteiger partial charge in [0.25, 0.3) is 0 Å². The summed E-state index contributed by atoms with van der Waals surface area (Å²) in [6.45, 7) is 9.06. The number of anilines is 1. The summed E-state index contributed by atoms with van der Waals surface area (Å²) in [4.78, 5) is 16.9. The van der Waals surface area contributed by atoms with Gasteiger partial charge < -0.3 is 15.1 Å². The summed E-state index contributed by atoms with van der Waals surface area (Å²) in [5.41, 5.74) is 0.679. The summed E-state index contributed by atoms with van der Waals surface area (Å²) in [6, 6.07) is 7.54. The lowest BCUT2D eigenvalue weighted by atomic mass is 9.92. The molecule has 1 aromatic rings. The lowest BCUT2D eigenvalue weighted by Gasteiger charge is -2.34. The van der Waals surface area contributed by atoms with Crippen molar-refractivity contribution in [2.24, 2.45) is 11.8 Å². The first-order valence-corrected chi connectivity index (χ1v) is 10.0. The second-order valence-corrected chi connectivity index (χ2v) is 8.13. The first-order chi connectivity index (χ1) is 12.5. The molecule has 1 unspecified atom stereocenters. The lowest BCUT2D eigenvalue weighted by Crippen LogP contribution is -2.40. The van der Waals surface area contributed by atoms with Crippen molar-refractivity contribution < 1.29 is 9.18 Å². The quantitative estimate of drug-likeness (QED) is 0.845. The molecule has 2 saturated heterocycles. The first kappa shape index (κ1) is 19.2. The van der Waals surface area contributed by atoms with E-state index in [1.807, 2.05) is 12.1 Å². The van der Waals surface area contributed by atoms with Gasteiger partial charge in [-0.05, 0) is 70.2 Å². The second-order valence-electron chi connectivity index (χ2n) is 8.13. The highest BCUT2D eigenvalue weighted by Crippen LogP contribution is 2.26. The molecule has 0 saturated carbocycles. The third-order valence-corrected chi connectivity index (χ3v) is 5.92. The van der Waals surface area contributed by atoms with Gasteiger partial charge in [0, 0.05) is 32.1 Å². The van der Waals surface area contributed by atoms with Crippen LogP contribution in [0.15, 0.2) is 24.3 Å². The van der Waals surface area contributed by atoms with E-state index in [0.717, 1.165) is 45.4 Å². The molecule has 0 spiro atoms. The molecule has 26 heavy (non-hydrogen) atoms. The fraction of sp³-hybridized carbons (Fsp3) is 0.667. The van der Waals surface area contributed by atoms with Crippen LogP contribution in [-0.4, -0.2) is 49.6 Å². The fourth-order valence-corrected chi connectivity index (χ4v) is 4.19. The topological polar surface area (TPSA) is 35.6 Å². The molecule has 1 atom stereocenters. The van der Waals surface area contributed by atoms with Gasteiger partial charge in [-0.3, -0.25) is 4.79 Å². The summed E-state index contributed by atoms with van der Waals surface area (Å²) in [5.74, 6) is 0.937. The zero-order valence-electron chi connectivity index (χ0n) is 16.1. The van der Waals surface area contributed by atoms with Gasteiger partial charge in [0.05, 0.1) is 5.69 Å². The van der Waals surface area contributed by atoms with E-state index in [-0.39, 0.29) is 11.7 Å². The lowest BCUT2D eigenvalue weighted by molar-refractivity contribution is -0.122. The molecule has 2 heterocycles. The third kappa shape index (κ3) is 4.97. The zero-order chi connectivity index (χ0) is 18.5. The van der Waals surface area contributed by atoms with E-state index in [0.29, 0.717) is 36.5 Å². The van der Waals surface area contributed by atoms with Crippen molar-refractivity contribution in [2.75, 3.05) is 37.6 Å². The van der Waals surface area contributed by atoms with Gasteiger partial charge >= 0.3 is 0 Å². The SMILES string of the molecule is CC(C)N1CCC(CC(=O)NCC2CCN(c3ccccc3F)C2)CC1. The number of nitrogens with zero attached hydrogens (tertiary/aromatic N) is 2. The molecule has 3 rings (SSSR count). The molecule has 144 valence electrons. The Morgan fingerprint density at radius 2 is 1.85 bits per heavy atom. The van der Waals surface area contributed by atoms with Gasteiger partial charge in [-0.2, -0.15) is 0 Å². The van der Waals surface area contributed by atoms with Gasteiger partial charge in [-0.15, -0.1) is 0 Å². The highest BCUT2D eigenvalue weighted by Gasteiger charge is 2.26. The summed E-state index contributed by atoms with van der Waals surface area (Å²) < 4.78 is 13.9. The zero-order valence-corrected chi connectivity index (χ0v) is 16.1. The maximum Gasteiger partial charge on any atom is 0.220 e. The van der Waals surface area contributed by atoms with Crippen molar-refractivity contribution in [3.8, 4) is 0 Å². The van der Waals surface area contributed by atoms with Crippen LogP contribution < -0.4 is 10.2 Å². The number of likely N-dealkylation sites (tertiary alicyclic amines) is 1. The summed E-state index contributed by atoms with van der Waals surface area (Å²) in [6.07, 6.45) is 3.89. The molecule has 1 aromatic carbocycles. The van der Waals surface area contributed by atoms with Crippen molar-refractivity contribution in [1.82, 2.24) is 10.2 Å². The minimum Gasteiger partial charge on any atom is -0.369 e. The number of amides is 1. The number of nitrogens with one attached hydrogen (secondary N) is 1. The number of hydrogen-bond donors (Lipinski definition) is 1. The van der Waals surface area contributed by atoms with Crippen molar-refractivity contribution in [1.29, 1.82) is 0 Å². The van der Waals surface area contributed by atoms with Crippen LogP contribution in [0.25, 0.3) is 0 Å². The number of hydrogen-bond acceptors (Lipinski definition) is 3. The Balaban J connectivity index is 1.37. The van der Waals surface area contributed by atoms with Gasteiger partial charge in [0.1, 0.15) is 5.82 Å². The van der Waals surface area contributed by atoms with E-state index in [1.54, 1.807) is 6.07 Å². The number of para-hydroxylation sites is 1. The van der Waals surface area contributed by atoms with Crippen LogP contribution in [0.4, 0.5) is 10.1 Å². The van der Waals surface area contributed by atoms with Crippen molar-refractivity contribution in [3.63, 3.8) is 0 Å². The first-order valence-electron chi connectivity index (χ1n) is 10.0.